The molecule has 1 aliphatic rings. The van der Waals surface area contributed by atoms with E-state index in [1.165, 1.54) is 0 Å². The van der Waals surface area contributed by atoms with E-state index in [1.807, 2.05) is 13.8 Å². The third-order valence-electron chi connectivity index (χ3n) is 1.55. The van der Waals surface area contributed by atoms with E-state index in [2.05, 4.69) is 10.3 Å². The zero-order valence-corrected chi connectivity index (χ0v) is 7.01. The summed E-state index contributed by atoms with van der Waals surface area (Å²) in [5, 5.41) is 2.63. The van der Waals surface area contributed by atoms with Crippen LogP contribution in [0.25, 0.3) is 0 Å². The number of carbonyl (C=O) groups is 1. The molecule has 0 saturated heterocycles. The van der Waals surface area contributed by atoms with Gasteiger partial charge in [0.25, 0.3) is 0 Å². The second kappa shape index (κ2) is 2.30. The van der Waals surface area contributed by atoms with Crippen molar-refractivity contribution in [3.63, 3.8) is 0 Å². The van der Waals surface area contributed by atoms with Crippen molar-refractivity contribution in [3.05, 3.63) is 0 Å². The Morgan fingerprint density at radius 3 is 2.36 bits per heavy atom. The Balaban J connectivity index is 2.79. The van der Waals surface area contributed by atoms with Crippen molar-refractivity contribution in [2.75, 3.05) is 0 Å². The highest BCUT2D eigenvalue weighted by atomic mass is 16.2. The topological polar surface area (TPSA) is 67.5 Å². The molecule has 4 nitrogen and oxygen atoms in total. The molecule has 0 aromatic rings. The van der Waals surface area contributed by atoms with E-state index in [9.17, 15) is 4.79 Å². The lowest BCUT2D eigenvalue weighted by molar-refractivity contribution is -0.119. The smallest absolute Gasteiger partial charge is 0.249 e. The molecule has 11 heavy (non-hydrogen) atoms. The molecule has 1 atom stereocenters. The van der Waals surface area contributed by atoms with E-state index >= 15 is 0 Å². The van der Waals surface area contributed by atoms with E-state index in [1.54, 1.807) is 6.92 Å². The number of nitrogens with one attached hydrogen (secondary N) is 1. The van der Waals surface area contributed by atoms with E-state index in [-0.39, 0.29) is 11.9 Å². The van der Waals surface area contributed by atoms with Gasteiger partial charge in [-0.1, -0.05) is 0 Å². The number of hydrogen-bond donors (Lipinski definition) is 2. The van der Waals surface area contributed by atoms with Gasteiger partial charge in [-0.15, -0.1) is 0 Å². The zero-order valence-electron chi connectivity index (χ0n) is 7.01. The van der Waals surface area contributed by atoms with Crippen LogP contribution in [0.2, 0.25) is 0 Å². The molecule has 0 bridgehead atoms. The molecule has 1 rings (SSSR count). The van der Waals surface area contributed by atoms with Gasteiger partial charge in [0.1, 0.15) is 11.9 Å². The van der Waals surface area contributed by atoms with Crippen molar-refractivity contribution >= 4 is 11.7 Å². The maximum absolute atomic E-state index is 10.9. The molecule has 3 N–H and O–H groups in total. The molecule has 0 aromatic heterocycles. The average Bonchev–Trinajstić information content (AvgIpc) is 2.11. The summed E-state index contributed by atoms with van der Waals surface area (Å²) in [5.41, 5.74) is 5.18. The molecule has 1 amide bonds. The van der Waals surface area contributed by atoms with Crippen LogP contribution in [-0.4, -0.2) is 23.3 Å². The van der Waals surface area contributed by atoms with Crippen LogP contribution in [0, 0.1) is 0 Å². The fourth-order valence-corrected chi connectivity index (χ4v) is 0.833. The SMILES string of the molecule is CC1N=C(C(C)(C)N)NC1=O. The van der Waals surface area contributed by atoms with Gasteiger partial charge in [-0.05, 0) is 20.8 Å². The van der Waals surface area contributed by atoms with Crippen LogP contribution >= 0.6 is 0 Å². The summed E-state index contributed by atoms with van der Waals surface area (Å²) >= 11 is 0. The number of nitrogens with two attached hydrogens (primary N) is 1. The van der Waals surface area contributed by atoms with Crippen molar-refractivity contribution in [3.8, 4) is 0 Å². The molecular formula is C7H13N3O. The van der Waals surface area contributed by atoms with Crippen LogP contribution < -0.4 is 11.1 Å². The first kappa shape index (κ1) is 8.20. The van der Waals surface area contributed by atoms with Crippen molar-refractivity contribution in [1.82, 2.24) is 5.32 Å². The fraction of sp³-hybridized carbons (Fsp3) is 0.714. The summed E-state index contributed by atoms with van der Waals surface area (Å²) in [5.74, 6) is 0.508. The van der Waals surface area contributed by atoms with Crippen LogP contribution in [0.5, 0.6) is 0 Å². The van der Waals surface area contributed by atoms with Gasteiger partial charge in [-0.3, -0.25) is 9.79 Å². The highest BCUT2D eigenvalue weighted by Crippen LogP contribution is 2.07. The lowest BCUT2D eigenvalue weighted by Crippen LogP contribution is -2.48. The molecule has 1 aliphatic heterocycles. The fourth-order valence-electron chi connectivity index (χ4n) is 0.833. The van der Waals surface area contributed by atoms with E-state index < -0.39 is 5.54 Å². The average molecular weight is 155 g/mol. The molecule has 0 fully saturated rings. The Labute approximate surface area is 65.9 Å². The quantitative estimate of drug-likeness (QED) is 0.543. The maximum atomic E-state index is 10.9. The minimum absolute atomic E-state index is 0.0708. The number of rotatable bonds is 1. The Kier molecular flexibility index (Phi) is 1.72. The largest absolute Gasteiger partial charge is 0.319 e. The summed E-state index contributed by atoms with van der Waals surface area (Å²) < 4.78 is 0. The second-order valence-corrected chi connectivity index (χ2v) is 3.36. The second-order valence-electron chi connectivity index (χ2n) is 3.36. The molecule has 0 spiro atoms. The third-order valence-corrected chi connectivity index (χ3v) is 1.55. The Bertz CT molecular complexity index is 214. The Morgan fingerprint density at radius 1 is 1.64 bits per heavy atom. The Hall–Kier alpha value is -0.900. The first-order valence-electron chi connectivity index (χ1n) is 3.59. The summed E-state index contributed by atoms with van der Waals surface area (Å²) in [6.07, 6.45) is 0. The molecule has 1 unspecified atom stereocenters. The number of amides is 1. The monoisotopic (exact) mass is 155 g/mol. The molecular weight excluding hydrogens is 142 g/mol. The van der Waals surface area contributed by atoms with E-state index in [4.69, 9.17) is 5.73 Å². The van der Waals surface area contributed by atoms with Crippen LogP contribution in [-0.2, 0) is 4.79 Å². The predicted molar refractivity (Wildman–Crippen MR) is 43.3 cm³/mol. The number of carbonyl (C=O) groups excluding carboxylic acids is 1. The minimum atomic E-state index is -0.541. The van der Waals surface area contributed by atoms with Gasteiger partial charge in [0.15, 0.2) is 0 Å². The van der Waals surface area contributed by atoms with Gasteiger partial charge < -0.3 is 11.1 Å². The van der Waals surface area contributed by atoms with Crippen molar-refractivity contribution in [2.24, 2.45) is 10.7 Å². The number of hydrogen-bond acceptors (Lipinski definition) is 3. The minimum Gasteiger partial charge on any atom is -0.319 e. The summed E-state index contributed by atoms with van der Waals surface area (Å²) in [6, 6.07) is -0.284. The lowest BCUT2D eigenvalue weighted by Gasteiger charge is -2.17. The van der Waals surface area contributed by atoms with Gasteiger partial charge in [0, 0.05) is 0 Å². The maximum Gasteiger partial charge on any atom is 0.249 e. The van der Waals surface area contributed by atoms with Crippen molar-refractivity contribution < 1.29 is 4.79 Å². The van der Waals surface area contributed by atoms with Crippen molar-refractivity contribution in [2.45, 2.75) is 32.4 Å². The van der Waals surface area contributed by atoms with Gasteiger partial charge in [-0.2, -0.15) is 0 Å². The normalized spacial score (nSPS) is 24.9. The summed E-state index contributed by atoms with van der Waals surface area (Å²) in [7, 11) is 0. The first-order chi connectivity index (χ1) is 4.91. The standard InChI is InChI=1S/C7H13N3O/c1-4-5(11)10-6(9-4)7(2,3)8/h4H,8H2,1-3H3,(H,9,10,11). The third kappa shape index (κ3) is 1.57. The summed E-state index contributed by atoms with van der Waals surface area (Å²) in [4.78, 5) is 15.0. The van der Waals surface area contributed by atoms with Gasteiger partial charge in [-0.25, -0.2) is 0 Å². The molecule has 0 radical (unpaired) electrons. The molecule has 0 aromatic carbocycles. The molecule has 0 saturated carbocycles. The van der Waals surface area contributed by atoms with Crippen molar-refractivity contribution in [1.29, 1.82) is 0 Å². The van der Waals surface area contributed by atoms with Gasteiger partial charge in [0.2, 0.25) is 5.91 Å². The molecule has 4 heteroatoms. The lowest BCUT2D eigenvalue weighted by atomic mass is 10.1. The van der Waals surface area contributed by atoms with E-state index in [0.717, 1.165) is 0 Å². The number of aliphatic imine (C=N–C) groups is 1. The van der Waals surface area contributed by atoms with Crippen LogP contribution in [0.3, 0.4) is 0 Å². The number of amidine groups is 1. The molecule has 0 aliphatic carbocycles. The zero-order chi connectivity index (χ0) is 8.65. The summed E-state index contributed by atoms with van der Waals surface area (Å²) in [6.45, 7) is 5.36. The number of nitrogens with zero attached hydrogens (tertiary/aromatic N) is 1. The van der Waals surface area contributed by atoms with Gasteiger partial charge in [0.05, 0.1) is 5.54 Å². The molecule has 1 heterocycles. The van der Waals surface area contributed by atoms with Crippen LogP contribution in [0.15, 0.2) is 4.99 Å². The molecule has 62 valence electrons. The van der Waals surface area contributed by atoms with Gasteiger partial charge >= 0.3 is 0 Å². The predicted octanol–water partition coefficient (Wildman–Crippen LogP) is -0.359. The van der Waals surface area contributed by atoms with Crippen LogP contribution in [0.1, 0.15) is 20.8 Å². The highest BCUT2D eigenvalue weighted by Gasteiger charge is 2.29. The Morgan fingerprint density at radius 2 is 2.18 bits per heavy atom. The van der Waals surface area contributed by atoms with Crippen LogP contribution in [0.4, 0.5) is 0 Å². The highest BCUT2D eigenvalue weighted by molar-refractivity contribution is 6.09. The van der Waals surface area contributed by atoms with E-state index in [0.29, 0.717) is 5.84 Å². The first-order valence-corrected chi connectivity index (χ1v) is 3.59.